The summed E-state index contributed by atoms with van der Waals surface area (Å²) in [6.07, 6.45) is -2.21. The molecule has 1 aromatic rings. The van der Waals surface area contributed by atoms with Gasteiger partial charge in [0.25, 0.3) is 5.91 Å². The Balaban J connectivity index is 0.00000364. The van der Waals surface area contributed by atoms with Crippen LogP contribution in [0.1, 0.15) is 45.7 Å². The molecule has 8 nitrogen and oxygen atoms in total. The van der Waals surface area contributed by atoms with E-state index in [0.717, 1.165) is 25.8 Å². The minimum absolute atomic E-state index is 0. The number of carbonyl (C=O) groups is 4. The Hall–Kier alpha value is -2.90. The van der Waals surface area contributed by atoms with E-state index in [1.807, 2.05) is 30.3 Å². The second kappa shape index (κ2) is 9.70. The average Bonchev–Trinajstić information content (AvgIpc) is 3.07. The van der Waals surface area contributed by atoms with Gasteiger partial charge in [0.05, 0.1) is 6.04 Å². The minimum Gasteiger partial charge on any atom is -0.478 e. The molecule has 1 aliphatic rings. The Bertz CT molecular complexity index is 689. The lowest BCUT2D eigenvalue weighted by atomic mass is 10.0. The summed E-state index contributed by atoms with van der Waals surface area (Å²) in [4.78, 5) is 48.6. The van der Waals surface area contributed by atoms with E-state index in [9.17, 15) is 24.3 Å². The maximum Gasteiger partial charge on any atom is 0.349 e. The molecule has 2 rings (SSSR count). The molecule has 1 amide bonds. The number of aliphatic carboxylic acids is 1. The van der Waals surface area contributed by atoms with Crippen molar-refractivity contribution in [2.75, 3.05) is 6.54 Å². The SMILES string of the molecule is C.CC(=O)O[C@@H](C(=O)O)[C@@H](OC(C)=O)C(=O)N1CCCC1c1ccccc1. The van der Waals surface area contributed by atoms with Gasteiger partial charge in [0.2, 0.25) is 12.2 Å². The number of nitrogens with zero attached hydrogens (tertiary/aromatic N) is 1. The van der Waals surface area contributed by atoms with Crippen LogP contribution in [0.5, 0.6) is 0 Å². The standard InChI is InChI=1S/C18H21NO7.CH4/c1-11(20)25-15(16(18(23)24)26-12(2)21)17(22)19-10-6-9-14(19)13-7-4-3-5-8-13;/h3-5,7-8,14-16H,6,9-10H2,1-2H3,(H,23,24);1H4/t14?,15-,16-;/m1./s1. The van der Waals surface area contributed by atoms with Gasteiger partial charge in [-0.15, -0.1) is 0 Å². The quantitative estimate of drug-likeness (QED) is 0.752. The first-order valence-corrected chi connectivity index (χ1v) is 8.24. The van der Waals surface area contributed by atoms with Crippen LogP contribution in [-0.4, -0.2) is 52.6 Å². The van der Waals surface area contributed by atoms with E-state index in [1.165, 1.54) is 4.90 Å². The molecule has 0 aliphatic carbocycles. The van der Waals surface area contributed by atoms with Gasteiger partial charge < -0.3 is 19.5 Å². The molecule has 0 saturated carbocycles. The van der Waals surface area contributed by atoms with Crippen molar-refractivity contribution in [1.82, 2.24) is 4.90 Å². The van der Waals surface area contributed by atoms with Gasteiger partial charge in [-0.1, -0.05) is 37.8 Å². The fourth-order valence-electron chi connectivity index (χ4n) is 3.06. The van der Waals surface area contributed by atoms with Crippen molar-refractivity contribution in [2.45, 2.75) is 52.4 Å². The predicted molar refractivity (Wildman–Crippen MR) is 95.6 cm³/mol. The van der Waals surface area contributed by atoms with Crippen LogP contribution in [0.2, 0.25) is 0 Å². The van der Waals surface area contributed by atoms with E-state index >= 15 is 0 Å². The molecular formula is C19H25NO7. The van der Waals surface area contributed by atoms with Gasteiger partial charge >= 0.3 is 17.9 Å². The zero-order chi connectivity index (χ0) is 19.3. The number of ether oxygens (including phenoxy) is 2. The Kier molecular flexibility index (Phi) is 7.96. The number of likely N-dealkylation sites (tertiary alicyclic amines) is 1. The average molecular weight is 379 g/mol. The fraction of sp³-hybridized carbons (Fsp3) is 0.474. The summed E-state index contributed by atoms with van der Waals surface area (Å²) in [7, 11) is 0. The Labute approximate surface area is 158 Å². The summed E-state index contributed by atoms with van der Waals surface area (Å²) in [5.74, 6) is -3.98. The molecule has 1 fully saturated rings. The highest BCUT2D eigenvalue weighted by molar-refractivity contribution is 5.91. The van der Waals surface area contributed by atoms with Crippen molar-refractivity contribution in [3.05, 3.63) is 35.9 Å². The highest BCUT2D eigenvalue weighted by Crippen LogP contribution is 2.33. The molecule has 0 bridgehead atoms. The summed E-state index contributed by atoms with van der Waals surface area (Å²) in [6.45, 7) is 2.47. The number of hydrogen-bond acceptors (Lipinski definition) is 6. The van der Waals surface area contributed by atoms with E-state index in [1.54, 1.807) is 0 Å². The normalized spacial score (nSPS) is 18.0. The van der Waals surface area contributed by atoms with Gasteiger partial charge in [0.15, 0.2) is 0 Å². The highest BCUT2D eigenvalue weighted by atomic mass is 16.6. The second-order valence-electron chi connectivity index (χ2n) is 6.00. The molecule has 27 heavy (non-hydrogen) atoms. The lowest BCUT2D eigenvalue weighted by Gasteiger charge is -2.30. The van der Waals surface area contributed by atoms with Crippen LogP contribution in [-0.2, 0) is 28.7 Å². The predicted octanol–water partition coefficient (Wildman–Crippen LogP) is 1.93. The van der Waals surface area contributed by atoms with E-state index in [4.69, 9.17) is 9.47 Å². The fourth-order valence-corrected chi connectivity index (χ4v) is 3.06. The monoisotopic (exact) mass is 379 g/mol. The first-order chi connectivity index (χ1) is 12.3. The van der Waals surface area contributed by atoms with Crippen LogP contribution in [0.4, 0.5) is 0 Å². The smallest absolute Gasteiger partial charge is 0.349 e. The molecule has 148 valence electrons. The van der Waals surface area contributed by atoms with Crippen molar-refractivity contribution in [3.63, 3.8) is 0 Å². The lowest BCUT2D eigenvalue weighted by Crippen LogP contribution is -2.51. The van der Waals surface area contributed by atoms with Crippen LogP contribution in [0.3, 0.4) is 0 Å². The third-order valence-electron chi connectivity index (χ3n) is 4.07. The summed E-state index contributed by atoms with van der Waals surface area (Å²) >= 11 is 0. The third kappa shape index (κ3) is 5.54. The van der Waals surface area contributed by atoms with Gasteiger partial charge in [-0.25, -0.2) is 4.79 Å². The summed E-state index contributed by atoms with van der Waals surface area (Å²) in [5.41, 5.74) is 0.902. The molecule has 0 aromatic heterocycles. The minimum atomic E-state index is -1.90. The maximum atomic E-state index is 13.0. The summed E-state index contributed by atoms with van der Waals surface area (Å²) < 4.78 is 9.68. The van der Waals surface area contributed by atoms with Crippen molar-refractivity contribution < 1.29 is 33.8 Å². The van der Waals surface area contributed by atoms with Crippen molar-refractivity contribution in [1.29, 1.82) is 0 Å². The Morgan fingerprint density at radius 2 is 1.59 bits per heavy atom. The molecule has 3 atom stereocenters. The largest absolute Gasteiger partial charge is 0.478 e. The number of carboxylic acid groups (broad SMARTS) is 1. The van der Waals surface area contributed by atoms with Gasteiger partial charge in [-0.05, 0) is 18.4 Å². The zero-order valence-electron chi connectivity index (χ0n) is 14.6. The van der Waals surface area contributed by atoms with Crippen molar-refractivity contribution in [2.24, 2.45) is 0 Å². The molecule has 0 radical (unpaired) electrons. The maximum absolute atomic E-state index is 13.0. The molecular weight excluding hydrogens is 354 g/mol. The first-order valence-electron chi connectivity index (χ1n) is 8.24. The molecule has 1 N–H and O–H groups in total. The molecule has 1 heterocycles. The zero-order valence-corrected chi connectivity index (χ0v) is 14.6. The number of hydrogen-bond donors (Lipinski definition) is 1. The van der Waals surface area contributed by atoms with Gasteiger partial charge in [-0.3, -0.25) is 14.4 Å². The number of carbonyl (C=O) groups excluding carboxylic acids is 3. The number of benzene rings is 1. The molecule has 1 aromatic carbocycles. The van der Waals surface area contributed by atoms with Crippen LogP contribution < -0.4 is 0 Å². The highest BCUT2D eigenvalue weighted by Gasteiger charge is 2.44. The number of esters is 2. The Morgan fingerprint density at radius 3 is 2.11 bits per heavy atom. The van der Waals surface area contributed by atoms with Crippen molar-refractivity contribution in [3.8, 4) is 0 Å². The third-order valence-corrected chi connectivity index (χ3v) is 4.07. The van der Waals surface area contributed by atoms with Crippen LogP contribution in [0.25, 0.3) is 0 Å². The first kappa shape index (κ1) is 22.1. The summed E-state index contributed by atoms with van der Waals surface area (Å²) in [6, 6.07) is 9.04. The van der Waals surface area contributed by atoms with Crippen LogP contribution in [0, 0.1) is 0 Å². The Morgan fingerprint density at radius 1 is 1.04 bits per heavy atom. The topological polar surface area (TPSA) is 110 Å². The van der Waals surface area contributed by atoms with Gasteiger partial charge in [0.1, 0.15) is 0 Å². The second-order valence-corrected chi connectivity index (χ2v) is 6.00. The van der Waals surface area contributed by atoms with E-state index in [0.29, 0.717) is 13.0 Å². The van der Waals surface area contributed by atoms with Gasteiger partial charge in [-0.2, -0.15) is 0 Å². The van der Waals surface area contributed by atoms with E-state index < -0.39 is 36.0 Å². The summed E-state index contributed by atoms with van der Waals surface area (Å²) in [5, 5.41) is 9.34. The van der Waals surface area contributed by atoms with E-state index in [-0.39, 0.29) is 13.5 Å². The van der Waals surface area contributed by atoms with Crippen molar-refractivity contribution >= 4 is 23.8 Å². The molecule has 1 unspecified atom stereocenters. The molecule has 0 spiro atoms. The number of rotatable bonds is 6. The molecule has 1 aliphatic heterocycles. The number of carboxylic acids is 1. The molecule has 1 saturated heterocycles. The van der Waals surface area contributed by atoms with E-state index in [2.05, 4.69) is 0 Å². The van der Waals surface area contributed by atoms with Gasteiger partial charge in [0, 0.05) is 20.4 Å². The molecule has 8 heteroatoms. The van der Waals surface area contributed by atoms with Crippen LogP contribution in [0.15, 0.2) is 30.3 Å². The number of amides is 1. The lowest BCUT2D eigenvalue weighted by molar-refractivity contribution is -0.183. The van der Waals surface area contributed by atoms with Crippen LogP contribution >= 0.6 is 0 Å².